The third kappa shape index (κ3) is 8.21. The van der Waals surface area contributed by atoms with Gasteiger partial charge in [0.2, 0.25) is 5.91 Å². The van der Waals surface area contributed by atoms with Gasteiger partial charge >= 0.3 is 5.97 Å². The minimum absolute atomic E-state index is 0.192. The van der Waals surface area contributed by atoms with Crippen molar-refractivity contribution in [2.24, 2.45) is 0 Å². The summed E-state index contributed by atoms with van der Waals surface area (Å²) in [6, 6.07) is 13.2. The molecule has 1 saturated heterocycles. The lowest BCUT2D eigenvalue weighted by molar-refractivity contribution is -0.173. The van der Waals surface area contributed by atoms with Gasteiger partial charge in [-0.2, -0.15) is 0 Å². The zero-order valence-electron chi connectivity index (χ0n) is 21.7. The van der Waals surface area contributed by atoms with Crippen molar-refractivity contribution in [3.63, 3.8) is 0 Å². The van der Waals surface area contributed by atoms with Gasteiger partial charge in [-0.05, 0) is 68.5 Å². The molecule has 2 atom stereocenters. The number of aryl methyl sites for hydroxylation is 1. The van der Waals surface area contributed by atoms with Crippen molar-refractivity contribution in [2.45, 2.75) is 70.0 Å². The Hall–Kier alpha value is -3.07. The number of hydrazine groups is 1. The maximum absolute atomic E-state index is 13.0. The summed E-state index contributed by atoms with van der Waals surface area (Å²) in [5, 5.41) is 2.20. The average Bonchev–Trinajstić information content (AvgIpc) is 2.85. The van der Waals surface area contributed by atoms with Crippen LogP contribution in [0.2, 0.25) is 0 Å². The predicted octanol–water partition coefficient (Wildman–Crippen LogP) is 4.42. The van der Waals surface area contributed by atoms with E-state index in [4.69, 9.17) is 4.74 Å². The van der Waals surface area contributed by atoms with E-state index < -0.39 is 22.0 Å². The first kappa shape index (κ1) is 28.5. The van der Waals surface area contributed by atoms with Gasteiger partial charge in [-0.15, -0.1) is 0 Å². The van der Waals surface area contributed by atoms with Crippen molar-refractivity contribution in [3.8, 4) is 0 Å². The van der Waals surface area contributed by atoms with Gasteiger partial charge in [-0.3, -0.25) is 18.8 Å². The second-order valence-electron chi connectivity index (χ2n) is 9.52. The lowest BCUT2D eigenvalue weighted by atomic mass is 10.1. The largest absolute Gasteiger partial charge is 0.459 e. The third-order valence-electron chi connectivity index (χ3n) is 6.18. The number of ether oxygens (including phenoxy) is 1. The Balaban J connectivity index is 1.41. The molecule has 3 rings (SSSR count). The number of benzene rings is 2. The number of hydrogen-bond donors (Lipinski definition) is 0. The molecule has 1 aliphatic heterocycles. The number of amides is 2. The van der Waals surface area contributed by atoms with Crippen molar-refractivity contribution in [2.75, 3.05) is 13.1 Å². The first-order valence-corrected chi connectivity index (χ1v) is 14.0. The van der Waals surface area contributed by atoms with Crippen molar-refractivity contribution < 1.29 is 27.7 Å². The average molecular weight is 531 g/mol. The fourth-order valence-corrected chi connectivity index (χ4v) is 5.50. The zero-order chi connectivity index (χ0) is 26.9. The van der Waals surface area contributed by atoms with E-state index in [0.29, 0.717) is 12.1 Å². The van der Waals surface area contributed by atoms with Crippen LogP contribution in [-0.2, 0) is 37.3 Å². The second kappa shape index (κ2) is 13.5. The summed E-state index contributed by atoms with van der Waals surface area (Å²) in [4.78, 5) is 36.9. The normalized spacial score (nSPS) is 15.9. The number of carbonyl (C=O) groups excluding carboxylic acids is 3. The number of rotatable bonds is 13. The monoisotopic (exact) mass is 530 g/mol. The van der Waals surface area contributed by atoms with Gasteiger partial charge in [0.15, 0.2) is 0 Å². The standard InChI is InChI=1S/C28H35FN2O5S/c1-20(2)36-28(34)24-13-9-23(10-14-24)19-37(35)26-18-31(27(26)33)30(21(3)32)17-7-5-4-6-8-22-11-15-25(29)16-12-22/h9-16,20,26H,4-8,17-19H2,1-3H3. The van der Waals surface area contributed by atoms with Crippen LogP contribution >= 0.6 is 0 Å². The molecule has 1 fully saturated rings. The van der Waals surface area contributed by atoms with Crippen LogP contribution in [0.5, 0.6) is 0 Å². The third-order valence-corrected chi connectivity index (χ3v) is 7.78. The topological polar surface area (TPSA) is 84.0 Å². The van der Waals surface area contributed by atoms with E-state index in [-0.39, 0.29) is 36.0 Å². The van der Waals surface area contributed by atoms with Crippen molar-refractivity contribution in [1.29, 1.82) is 0 Å². The molecule has 1 aliphatic rings. The number of β-lactam (4-membered cyclic amide) rings is 1. The predicted molar refractivity (Wildman–Crippen MR) is 140 cm³/mol. The highest BCUT2D eigenvalue weighted by molar-refractivity contribution is 7.85. The van der Waals surface area contributed by atoms with Crippen LogP contribution in [0.1, 0.15) is 67.9 Å². The van der Waals surface area contributed by atoms with Gasteiger partial charge in [0.25, 0.3) is 5.91 Å². The fourth-order valence-electron chi connectivity index (χ4n) is 4.12. The molecule has 0 aliphatic carbocycles. The highest BCUT2D eigenvalue weighted by atomic mass is 32.2. The smallest absolute Gasteiger partial charge is 0.338 e. The second-order valence-corrected chi connectivity index (χ2v) is 11.1. The Morgan fingerprint density at radius 1 is 1.03 bits per heavy atom. The summed E-state index contributed by atoms with van der Waals surface area (Å²) in [6.07, 6.45) is 4.26. The van der Waals surface area contributed by atoms with E-state index in [1.54, 1.807) is 50.2 Å². The summed E-state index contributed by atoms with van der Waals surface area (Å²) >= 11 is 0. The molecule has 0 radical (unpaired) electrons. The van der Waals surface area contributed by atoms with Crippen LogP contribution in [0.25, 0.3) is 0 Å². The Labute approximate surface area is 220 Å². The molecule has 1 heterocycles. The number of hydrogen-bond acceptors (Lipinski definition) is 5. The SMILES string of the molecule is CC(=O)N(CCCCCCc1ccc(F)cc1)N1CC(S(=O)Cc2ccc(C(=O)OC(C)C)cc2)C1=O. The fraction of sp³-hybridized carbons (Fsp3) is 0.464. The van der Waals surface area contributed by atoms with E-state index in [1.165, 1.54) is 29.1 Å². The molecule has 200 valence electrons. The van der Waals surface area contributed by atoms with Crippen LogP contribution in [0.3, 0.4) is 0 Å². The van der Waals surface area contributed by atoms with E-state index in [1.807, 2.05) is 0 Å². The van der Waals surface area contributed by atoms with Crippen LogP contribution in [0.4, 0.5) is 4.39 Å². The molecule has 0 N–H and O–H groups in total. The first-order chi connectivity index (χ1) is 17.7. The molecular weight excluding hydrogens is 495 g/mol. The van der Waals surface area contributed by atoms with E-state index in [9.17, 15) is 23.0 Å². The molecule has 0 bridgehead atoms. The maximum Gasteiger partial charge on any atom is 0.338 e. The lowest BCUT2D eigenvalue weighted by Crippen LogP contribution is -2.65. The number of nitrogens with zero attached hydrogens (tertiary/aromatic N) is 2. The number of unbranched alkanes of at least 4 members (excludes halogenated alkanes) is 3. The van der Waals surface area contributed by atoms with Crippen LogP contribution in [0, 0.1) is 5.82 Å². The van der Waals surface area contributed by atoms with Gasteiger partial charge in [0.05, 0.1) is 18.2 Å². The van der Waals surface area contributed by atoms with Gasteiger partial charge in [-0.25, -0.2) is 14.2 Å². The molecule has 7 nitrogen and oxygen atoms in total. The van der Waals surface area contributed by atoms with Gasteiger partial charge < -0.3 is 4.74 Å². The van der Waals surface area contributed by atoms with Gasteiger partial charge in [-0.1, -0.05) is 37.1 Å². The Kier molecular flexibility index (Phi) is 10.4. The van der Waals surface area contributed by atoms with Gasteiger partial charge in [0.1, 0.15) is 11.1 Å². The van der Waals surface area contributed by atoms with Crippen molar-refractivity contribution in [1.82, 2.24) is 10.0 Å². The molecule has 37 heavy (non-hydrogen) atoms. The Morgan fingerprint density at radius 3 is 2.24 bits per heavy atom. The summed E-state index contributed by atoms with van der Waals surface area (Å²) in [5.41, 5.74) is 2.28. The first-order valence-electron chi connectivity index (χ1n) is 12.7. The molecule has 2 amide bonds. The maximum atomic E-state index is 13.0. The zero-order valence-corrected chi connectivity index (χ0v) is 22.5. The quantitative estimate of drug-likeness (QED) is 0.218. The van der Waals surface area contributed by atoms with Gasteiger partial charge in [0, 0.05) is 30.0 Å². The molecule has 9 heteroatoms. The minimum Gasteiger partial charge on any atom is -0.459 e. The highest BCUT2D eigenvalue weighted by Crippen LogP contribution is 2.22. The van der Waals surface area contributed by atoms with Crippen molar-refractivity contribution >= 4 is 28.6 Å². The molecule has 2 aromatic carbocycles. The lowest BCUT2D eigenvalue weighted by Gasteiger charge is -2.44. The van der Waals surface area contributed by atoms with E-state index in [0.717, 1.165) is 43.2 Å². The molecule has 2 unspecified atom stereocenters. The number of carbonyl (C=O) groups is 3. The molecule has 0 spiro atoms. The number of esters is 1. The molecule has 2 aromatic rings. The number of halogens is 1. The summed E-state index contributed by atoms with van der Waals surface area (Å²) in [7, 11) is -1.43. The van der Waals surface area contributed by atoms with Crippen LogP contribution in [0.15, 0.2) is 48.5 Å². The molecule has 0 saturated carbocycles. The highest BCUT2D eigenvalue weighted by Gasteiger charge is 2.44. The Morgan fingerprint density at radius 2 is 1.65 bits per heavy atom. The minimum atomic E-state index is -1.43. The van der Waals surface area contributed by atoms with Crippen LogP contribution < -0.4 is 0 Å². The van der Waals surface area contributed by atoms with E-state index >= 15 is 0 Å². The van der Waals surface area contributed by atoms with Crippen molar-refractivity contribution in [3.05, 3.63) is 71.0 Å². The molecule has 0 aromatic heterocycles. The summed E-state index contributed by atoms with van der Waals surface area (Å²) < 4.78 is 31.0. The Bertz CT molecular complexity index is 1100. The summed E-state index contributed by atoms with van der Waals surface area (Å²) in [6.45, 7) is 5.66. The summed E-state index contributed by atoms with van der Waals surface area (Å²) in [5.74, 6) is -0.976. The van der Waals surface area contributed by atoms with E-state index in [2.05, 4.69) is 0 Å². The van der Waals surface area contributed by atoms with Crippen LogP contribution in [-0.4, -0.2) is 56.5 Å². The molecular formula is C28H35FN2O5S.